The van der Waals surface area contributed by atoms with Crippen molar-refractivity contribution in [3.05, 3.63) is 29.8 Å². The number of anilines is 1. The number of aryl methyl sites for hydroxylation is 1. The van der Waals surface area contributed by atoms with Crippen molar-refractivity contribution in [1.82, 2.24) is 10.2 Å². The fourth-order valence-electron chi connectivity index (χ4n) is 2.55. The predicted molar refractivity (Wildman–Crippen MR) is 83.2 cm³/mol. The zero-order valence-electron chi connectivity index (χ0n) is 12.6. The number of carbonyl (C=O) groups excluding carboxylic acids is 1. The first kappa shape index (κ1) is 15.0. The molecule has 0 saturated carbocycles. The molecule has 0 radical (unpaired) electrons. The lowest BCUT2D eigenvalue weighted by atomic mass is 10.0. The largest absolute Gasteiger partial charge is 0.315 e. The van der Waals surface area contributed by atoms with Crippen LogP contribution in [0.2, 0.25) is 0 Å². The number of nitrogens with zero attached hydrogens (tertiary/aromatic N) is 2. The number of hydrogen-bond acceptors (Lipinski definition) is 3. The molecule has 110 valence electrons. The number of fused-ring (bicyclic) bond motifs is 1. The van der Waals surface area contributed by atoms with Crippen molar-refractivity contribution in [3.63, 3.8) is 0 Å². The van der Waals surface area contributed by atoms with Crippen molar-refractivity contribution in [2.75, 3.05) is 45.2 Å². The van der Waals surface area contributed by atoms with Gasteiger partial charge in [0.1, 0.15) is 0 Å². The first-order valence-electron chi connectivity index (χ1n) is 7.42. The molecule has 1 aliphatic heterocycles. The maximum atomic E-state index is 12.3. The summed E-state index contributed by atoms with van der Waals surface area (Å²) in [4.78, 5) is 16.4. The minimum absolute atomic E-state index is 0.231. The normalized spacial score (nSPS) is 14.4. The highest BCUT2D eigenvalue weighted by molar-refractivity contribution is 5.94. The Morgan fingerprint density at radius 1 is 1.30 bits per heavy atom. The zero-order valence-corrected chi connectivity index (χ0v) is 12.6. The van der Waals surface area contributed by atoms with E-state index in [0.29, 0.717) is 6.42 Å². The second-order valence-electron chi connectivity index (χ2n) is 5.58. The van der Waals surface area contributed by atoms with Crippen LogP contribution in [-0.2, 0) is 11.2 Å². The molecule has 2 rings (SSSR count). The third-order valence-corrected chi connectivity index (χ3v) is 3.66. The number of hydrogen-bond donors (Lipinski definition) is 1. The van der Waals surface area contributed by atoms with E-state index >= 15 is 0 Å². The molecule has 0 bridgehead atoms. The van der Waals surface area contributed by atoms with Crippen LogP contribution in [0.5, 0.6) is 0 Å². The summed E-state index contributed by atoms with van der Waals surface area (Å²) in [5.74, 6) is 0.231. The van der Waals surface area contributed by atoms with E-state index in [0.717, 1.165) is 44.7 Å². The van der Waals surface area contributed by atoms with Crippen LogP contribution in [0.15, 0.2) is 24.3 Å². The highest BCUT2D eigenvalue weighted by atomic mass is 16.2. The summed E-state index contributed by atoms with van der Waals surface area (Å²) in [6.07, 6.45) is 2.72. The molecule has 1 aromatic carbocycles. The van der Waals surface area contributed by atoms with Gasteiger partial charge in [-0.25, -0.2) is 0 Å². The number of carbonyl (C=O) groups is 1. The lowest BCUT2D eigenvalue weighted by Gasteiger charge is -2.29. The molecule has 4 heteroatoms. The van der Waals surface area contributed by atoms with E-state index in [2.05, 4.69) is 42.5 Å². The number of para-hydroxylation sites is 1. The maximum absolute atomic E-state index is 12.3. The molecule has 1 heterocycles. The van der Waals surface area contributed by atoms with Gasteiger partial charge in [0.15, 0.2) is 0 Å². The van der Waals surface area contributed by atoms with Gasteiger partial charge in [0.25, 0.3) is 0 Å². The first-order chi connectivity index (χ1) is 9.68. The molecule has 1 amide bonds. The Kier molecular flexibility index (Phi) is 5.56. The lowest BCUT2D eigenvalue weighted by molar-refractivity contribution is -0.118. The molecule has 1 aromatic rings. The van der Waals surface area contributed by atoms with E-state index in [9.17, 15) is 4.79 Å². The summed E-state index contributed by atoms with van der Waals surface area (Å²) in [6, 6.07) is 8.26. The van der Waals surface area contributed by atoms with Gasteiger partial charge in [-0.3, -0.25) is 4.79 Å². The Balaban J connectivity index is 1.82. The molecular formula is C16H25N3O. The molecule has 4 nitrogen and oxygen atoms in total. The zero-order chi connectivity index (χ0) is 14.4. The van der Waals surface area contributed by atoms with Gasteiger partial charge in [0, 0.05) is 38.3 Å². The van der Waals surface area contributed by atoms with Crippen molar-refractivity contribution in [2.24, 2.45) is 0 Å². The van der Waals surface area contributed by atoms with Gasteiger partial charge >= 0.3 is 0 Å². The van der Waals surface area contributed by atoms with E-state index in [1.807, 2.05) is 11.0 Å². The molecule has 20 heavy (non-hydrogen) atoms. The predicted octanol–water partition coefficient (Wildman–Crippen LogP) is 1.51. The minimum atomic E-state index is 0.231. The fourth-order valence-corrected chi connectivity index (χ4v) is 2.55. The van der Waals surface area contributed by atoms with Crippen LogP contribution >= 0.6 is 0 Å². The number of rotatable bonds is 6. The maximum Gasteiger partial charge on any atom is 0.228 e. The van der Waals surface area contributed by atoms with Crippen LogP contribution in [0.25, 0.3) is 0 Å². The minimum Gasteiger partial charge on any atom is -0.315 e. The number of benzene rings is 1. The second kappa shape index (κ2) is 7.41. The molecule has 0 unspecified atom stereocenters. The third kappa shape index (κ3) is 4.05. The summed E-state index contributed by atoms with van der Waals surface area (Å²) < 4.78 is 0. The van der Waals surface area contributed by atoms with E-state index in [1.54, 1.807) is 0 Å². The molecule has 0 aromatic heterocycles. The van der Waals surface area contributed by atoms with Gasteiger partial charge in [0.2, 0.25) is 5.91 Å². The Hall–Kier alpha value is -1.39. The number of amides is 1. The van der Waals surface area contributed by atoms with Gasteiger partial charge in [-0.1, -0.05) is 18.2 Å². The van der Waals surface area contributed by atoms with Gasteiger partial charge in [0.05, 0.1) is 0 Å². The Morgan fingerprint density at radius 2 is 2.10 bits per heavy atom. The van der Waals surface area contributed by atoms with Crippen molar-refractivity contribution in [1.29, 1.82) is 0 Å². The molecule has 0 atom stereocenters. The highest BCUT2D eigenvalue weighted by Crippen LogP contribution is 2.26. The Morgan fingerprint density at radius 3 is 2.90 bits per heavy atom. The Bertz CT molecular complexity index is 445. The summed E-state index contributed by atoms with van der Waals surface area (Å²) in [5, 5.41) is 3.32. The van der Waals surface area contributed by atoms with Crippen LogP contribution in [0.4, 0.5) is 5.69 Å². The Labute approximate surface area is 121 Å². The fraction of sp³-hybridized carbons (Fsp3) is 0.562. The van der Waals surface area contributed by atoms with Crippen molar-refractivity contribution >= 4 is 11.6 Å². The van der Waals surface area contributed by atoms with Gasteiger partial charge in [-0.15, -0.1) is 0 Å². The molecule has 0 spiro atoms. The van der Waals surface area contributed by atoms with Gasteiger partial charge < -0.3 is 15.1 Å². The van der Waals surface area contributed by atoms with Gasteiger partial charge in [-0.05, 0) is 38.6 Å². The standard InChI is InChI=1S/C16H25N3O/c1-18(2)13-11-17-10-9-16(20)19-12-5-7-14-6-3-4-8-15(14)19/h3-4,6,8,17H,5,7,9-13H2,1-2H3. The van der Waals surface area contributed by atoms with Gasteiger partial charge in [-0.2, -0.15) is 0 Å². The van der Waals surface area contributed by atoms with E-state index < -0.39 is 0 Å². The molecular weight excluding hydrogens is 250 g/mol. The molecule has 0 saturated heterocycles. The third-order valence-electron chi connectivity index (χ3n) is 3.66. The number of nitrogens with one attached hydrogen (secondary N) is 1. The molecule has 0 aliphatic carbocycles. The topological polar surface area (TPSA) is 35.6 Å². The average Bonchev–Trinajstić information content (AvgIpc) is 2.45. The van der Waals surface area contributed by atoms with Crippen molar-refractivity contribution in [3.8, 4) is 0 Å². The summed E-state index contributed by atoms with van der Waals surface area (Å²) in [7, 11) is 4.11. The molecule has 1 N–H and O–H groups in total. The van der Waals surface area contributed by atoms with Crippen LogP contribution in [0.3, 0.4) is 0 Å². The quantitative estimate of drug-likeness (QED) is 0.799. The summed E-state index contributed by atoms with van der Waals surface area (Å²) in [6.45, 7) is 3.54. The van der Waals surface area contributed by atoms with Crippen LogP contribution < -0.4 is 10.2 Å². The van der Waals surface area contributed by atoms with Crippen molar-refractivity contribution < 1.29 is 4.79 Å². The monoisotopic (exact) mass is 275 g/mol. The number of likely N-dealkylation sites (N-methyl/N-ethyl adjacent to an activating group) is 1. The molecule has 1 aliphatic rings. The van der Waals surface area contributed by atoms with E-state index in [1.165, 1.54) is 5.56 Å². The van der Waals surface area contributed by atoms with E-state index in [4.69, 9.17) is 0 Å². The molecule has 0 fully saturated rings. The summed E-state index contributed by atoms with van der Waals surface area (Å²) >= 11 is 0. The first-order valence-corrected chi connectivity index (χ1v) is 7.42. The highest BCUT2D eigenvalue weighted by Gasteiger charge is 2.21. The second-order valence-corrected chi connectivity index (χ2v) is 5.58. The van der Waals surface area contributed by atoms with E-state index in [-0.39, 0.29) is 5.91 Å². The van der Waals surface area contributed by atoms with Crippen LogP contribution in [0.1, 0.15) is 18.4 Å². The van der Waals surface area contributed by atoms with Crippen molar-refractivity contribution in [2.45, 2.75) is 19.3 Å². The summed E-state index contributed by atoms with van der Waals surface area (Å²) in [5.41, 5.74) is 2.41. The SMILES string of the molecule is CN(C)CCNCCC(=O)N1CCCc2ccccc21. The smallest absolute Gasteiger partial charge is 0.228 e. The van der Waals surface area contributed by atoms with Crippen LogP contribution in [-0.4, -0.2) is 51.1 Å². The lowest BCUT2D eigenvalue weighted by Crippen LogP contribution is -2.37. The average molecular weight is 275 g/mol. The van der Waals surface area contributed by atoms with Crippen LogP contribution in [0, 0.1) is 0 Å².